The molecule has 1 aromatic heterocycles. The lowest BCUT2D eigenvalue weighted by Crippen LogP contribution is -2.04. The third-order valence-corrected chi connectivity index (χ3v) is 4.86. The van der Waals surface area contributed by atoms with Crippen LogP contribution >= 0.6 is 11.8 Å². The van der Waals surface area contributed by atoms with Crippen LogP contribution in [0, 0.1) is 13.8 Å². The van der Waals surface area contributed by atoms with Crippen molar-refractivity contribution in [3.05, 3.63) is 64.7 Å². The second kappa shape index (κ2) is 7.49. The molecule has 3 rings (SSSR count). The van der Waals surface area contributed by atoms with Gasteiger partial charge in [-0.2, -0.15) is 0 Å². The number of ether oxygens (including phenoxy) is 1. The molecule has 6 heteroatoms. The molecule has 0 aliphatic heterocycles. The summed E-state index contributed by atoms with van der Waals surface area (Å²) in [5.41, 5.74) is 5.02. The van der Waals surface area contributed by atoms with E-state index in [0.717, 1.165) is 22.2 Å². The van der Waals surface area contributed by atoms with E-state index in [4.69, 9.17) is 4.74 Å². The van der Waals surface area contributed by atoms with Crippen LogP contribution in [-0.2, 0) is 12.3 Å². The van der Waals surface area contributed by atoms with Crippen molar-refractivity contribution in [2.75, 3.05) is 7.11 Å². The fourth-order valence-electron chi connectivity index (χ4n) is 2.40. The molecule has 0 spiro atoms. The van der Waals surface area contributed by atoms with Crippen LogP contribution in [0.5, 0.6) is 5.75 Å². The molecule has 0 aliphatic rings. The molecular formula is C18H20N4OS. The standard InChI is InChI=1S/C18H20N4OS/c1-13-4-5-14(2)16(10-13)12-24-18-19-20-21-22(18)11-15-6-8-17(23-3)9-7-15/h4-10H,11-12H2,1-3H3. The Kier molecular flexibility index (Phi) is 5.15. The molecule has 0 radical (unpaired) electrons. The van der Waals surface area contributed by atoms with Gasteiger partial charge in [0, 0.05) is 5.75 Å². The van der Waals surface area contributed by atoms with Gasteiger partial charge in [-0.3, -0.25) is 0 Å². The molecule has 0 atom stereocenters. The first kappa shape index (κ1) is 16.5. The van der Waals surface area contributed by atoms with E-state index in [1.54, 1.807) is 18.9 Å². The number of nitrogens with zero attached hydrogens (tertiary/aromatic N) is 4. The van der Waals surface area contributed by atoms with E-state index in [1.807, 2.05) is 28.9 Å². The van der Waals surface area contributed by atoms with Gasteiger partial charge in [0.05, 0.1) is 13.7 Å². The summed E-state index contributed by atoms with van der Waals surface area (Å²) in [5, 5.41) is 12.9. The van der Waals surface area contributed by atoms with Crippen LogP contribution in [0.3, 0.4) is 0 Å². The predicted octanol–water partition coefficient (Wildman–Crippen LogP) is 3.64. The smallest absolute Gasteiger partial charge is 0.209 e. The maximum Gasteiger partial charge on any atom is 0.209 e. The van der Waals surface area contributed by atoms with Gasteiger partial charge in [-0.1, -0.05) is 47.7 Å². The summed E-state index contributed by atoms with van der Waals surface area (Å²) >= 11 is 1.66. The van der Waals surface area contributed by atoms with Gasteiger partial charge in [-0.25, -0.2) is 4.68 Å². The highest BCUT2D eigenvalue weighted by molar-refractivity contribution is 7.98. The number of hydrogen-bond donors (Lipinski definition) is 0. The summed E-state index contributed by atoms with van der Waals surface area (Å²) in [5.74, 6) is 1.70. The first-order valence-electron chi connectivity index (χ1n) is 7.74. The Hall–Kier alpha value is -2.34. The highest BCUT2D eigenvalue weighted by Crippen LogP contribution is 2.23. The molecule has 0 N–H and O–H groups in total. The molecule has 0 bridgehead atoms. The molecule has 0 fully saturated rings. The average Bonchev–Trinajstić information content (AvgIpc) is 3.03. The summed E-state index contributed by atoms with van der Waals surface area (Å²) in [6.45, 7) is 4.89. The third kappa shape index (κ3) is 3.94. The molecule has 3 aromatic rings. The molecule has 0 amide bonds. The van der Waals surface area contributed by atoms with Crippen molar-refractivity contribution in [1.29, 1.82) is 0 Å². The fraction of sp³-hybridized carbons (Fsp3) is 0.278. The van der Waals surface area contributed by atoms with Crippen LogP contribution in [0.15, 0.2) is 47.6 Å². The number of rotatable bonds is 6. The summed E-state index contributed by atoms with van der Waals surface area (Å²) in [4.78, 5) is 0. The van der Waals surface area contributed by atoms with Gasteiger partial charge in [0.1, 0.15) is 5.75 Å². The van der Waals surface area contributed by atoms with Gasteiger partial charge in [0.15, 0.2) is 0 Å². The number of tetrazole rings is 1. The van der Waals surface area contributed by atoms with Crippen molar-refractivity contribution >= 4 is 11.8 Å². The van der Waals surface area contributed by atoms with Crippen molar-refractivity contribution in [2.45, 2.75) is 31.3 Å². The van der Waals surface area contributed by atoms with Gasteiger partial charge in [-0.05, 0) is 53.1 Å². The van der Waals surface area contributed by atoms with Crippen molar-refractivity contribution < 1.29 is 4.74 Å². The molecule has 0 saturated heterocycles. The zero-order valence-corrected chi connectivity index (χ0v) is 14.9. The van der Waals surface area contributed by atoms with Crippen LogP contribution in [0.4, 0.5) is 0 Å². The Morgan fingerprint density at radius 2 is 1.88 bits per heavy atom. The lowest BCUT2D eigenvalue weighted by Gasteiger charge is -2.08. The zero-order valence-electron chi connectivity index (χ0n) is 14.1. The quantitative estimate of drug-likeness (QED) is 0.641. The van der Waals surface area contributed by atoms with E-state index < -0.39 is 0 Å². The Balaban J connectivity index is 1.69. The van der Waals surface area contributed by atoms with Gasteiger partial charge in [-0.15, -0.1) is 5.10 Å². The van der Waals surface area contributed by atoms with Gasteiger partial charge in [0.25, 0.3) is 0 Å². The molecule has 1 heterocycles. The Morgan fingerprint density at radius 1 is 1.08 bits per heavy atom. The second-order valence-corrected chi connectivity index (χ2v) is 6.63. The topological polar surface area (TPSA) is 52.8 Å². The molecular weight excluding hydrogens is 320 g/mol. The molecule has 0 unspecified atom stereocenters. The summed E-state index contributed by atoms with van der Waals surface area (Å²) < 4.78 is 7.02. The number of aromatic nitrogens is 4. The Labute approximate surface area is 146 Å². The summed E-state index contributed by atoms with van der Waals surface area (Å²) in [6, 6.07) is 14.5. The second-order valence-electron chi connectivity index (χ2n) is 5.69. The fourth-order valence-corrected chi connectivity index (χ4v) is 3.34. The number of hydrogen-bond acceptors (Lipinski definition) is 5. The minimum atomic E-state index is 0.645. The number of methoxy groups -OCH3 is 1. The maximum atomic E-state index is 5.19. The van der Waals surface area contributed by atoms with Gasteiger partial charge in [0.2, 0.25) is 5.16 Å². The van der Waals surface area contributed by atoms with E-state index in [9.17, 15) is 0 Å². The number of benzene rings is 2. The highest BCUT2D eigenvalue weighted by atomic mass is 32.2. The normalized spacial score (nSPS) is 10.8. The van der Waals surface area contributed by atoms with Crippen LogP contribution < -0.4 is 4.74 Å². The van der Waals surface area contributed by atoms with E-state index >= 15 is 0 Å². The minimum Gasteiger partial charge on any atom is -0.497 e. The maximum absolute atomic E-state index is 5.19. The van der Waals surface area contributed by atoms with Gasteiger partial charge >= 0.3 is 0 Å². The molecule has 124 valence electrons. The van der Waals surface area contributed by atoms with Crippen molar-refractivity contribution in [3.8, 4) is 5.75 Å². The molecule has 2 aromatic carbocycles. The van der Waals surface area contributed by atoms with Crippen LogP contribution in [-0.4, -0.2) is 27.3 Å². The first-order valence-corrected chi connectivity index (χ1v) is 8.72. The van der Waals surface area contributed by atoms with E-state index in [0.29, 0.717) is 6.54 Å². The third-order valence-electron chi connectivity index (χ3n) is 3.85. The first-order chi connectivity index (χ1) is 11.7. The molecule has 0 aliphatic carbocycles. The number of aryl methyl sites for hydroxylation is 2. The SMILES string of the molecule is COc1ccc(Cn2nnnc2SCc2cc(C)ccc2C)cc1. The van der Waals surface area contributed by atoms with Crippen LogP contribution in [0.25, 0.3) is 0 Å². The molecule has 0 saturated carbocycles. The molecule has 5 nitrogen and oxygen atoms in total. The Morgan fingerprint density at radius 3 is 2.62 bits per heavy atom. The number of thioether (sulfide) groups is 1. The van der Waals surface area contributed by atoms with E-state index in [-0.39, 0.29) is 0 Å². The minimum absolute atomic E-state index is 0.645. The summed E-state index contributed by atoms with van der Waals surface area (Å²) in [7, 11) is 1.67. The van der Waals surface area contributed by atoms with Crippen molar-refractivity contribution in [3.63, 3.8) is 0 Å². The monoisotopic (exact) mass is 340 g/mol. The largest absolute Gasteiger partial charge is 0.497 e. The zero-order chi connectivity index (χ0) is 16.9. The molecule has 24 heavy (non-hydrogen) atoms. The lowest BCUT2D eigenvalue weighted by atomic mass is 10.1. The van der Waals surface area contributed by atoms with E-state index in [1.165, 1.54) is 16.7 Å². The van der Waals surface area contributed by atoms with Crippen molar-refractivity contribution in [1.82, 2.24) is 20.2 Å². The lowest BCUT2D eigenvalue weighted by molar-refractivity contribution is 0.414. The van der Waals surface area contributed by atoms with Crippen LogP contribution in [0.1, 0.15) is 22.3 Å². The highest BCUT2D eigenvalue weighted by Gasteiger charge is 2.09. The summed E-state index contributed by atoms with van der Waals surface area (Å²) in [6.07, 6.45) is 0. The average molecular weight is 340 g/mol. The van der Waals surface area contributed by atoms with Gasteiger partial charge < -0.3 is 4.74 Å². The van der Waals surface area contributed by atoms with Crippen molar-refractivity contribution in [2.24, 2.45) is 0 Å². The van der Waals surface area contributed by atoms with E-state index in [2.05, 4.69) is 47.6 Å². The van der Waals surface area contributed by atoms with Crippen LogP contribution in [0.2, 0.25) is 0 Å². The predicted molar refractivity (Wildman–Crippen MR) is 95.4 cm³/mol. The Bertz CT molecular complexity index is 814.